The SMILES string of the molecule is CCn1cc(C(CC(=O)NCCc2ccc(Cl)cc2Cl)c2ccc3c(c2)OCO3)c2ccccc21. The molecule has 1 N–H and O–H groups in total. The van der Waals surface area contributed by atoms with E-state index in [1.807, 2.05) is 42.5 Å². The van der Waals surface area contributed by atoms with Gasteiger partial charge in [-0.05, 0) is 60.4 Å². The number of para-hydroxylation sites is 1. The first kappa shape index (κ1) is 23.6. The summed E-state index contributed by atoms with van der Waals surface area (Å²) >= 11 is 12.3. The molecule has 35 heavy (non-hydrogen) atoms. The molecule has 1 atom stereocenters. The minimum Gasteiger partial charge on any atom is -0.454 e. The minimum absolute atomic E-state index is 0.0221. The van der Waals surface area contributed by atoms with E-state index in [1.165, 1.54) is 0 Å². The first-order valence-corrected chi connectivity index (χ1v) is 12.5. The Morgan fingerprint density at radius 2 is 1.89 bits per heavy atom. The van der Waals surface area contributed by atoms with Gasteiger partial charge in [-0.2, -0.15) is 0 Å². The molecule has 1 aromatic heterocycles. The van der Waals surface area contributed by atoms with Crippen LogP contribution in [0, 0.1) is 0 Å². The summed E-state index contributed by atoms with van der Waals surface area (Å²) in [6, 6.07) is 19.7. The topological polar surface area (TPSA) is 52.5 Å². The average Bonchev–Trinajstić information content (AvgIpc) is 3.48. The van der Waals surface area contributed by atoms with Crippen LogP contribution in [-0.4, -0.2) is 23.8 Å². The van der Waals surface area contributed by atoms with Crippen LogP contribution in [0.15, 0.2) is 66.9 Å². The molecule has 0 radical (unpaired) electrons. The van der Waals surface area contributed by atoms with E-state index in [4.69, 9.17) is 32.7 Å². The maximum absolute atomic E-state index is 13.1. The number of rotatable bonds is 8. The molecule has 0 fully saturated rings. The number of benzene rings is 3. The molecule has 3 aromatic carbocycles. The summed E-state index contributed by atoms with van der Waals surface area (Å²) in [6.07, 6.45) is 3.11. The van der Waals surface area contributed by atoms with E-state index in [2.05, 4.69) is 35.1 Å². The van der Waals surface area contributed by atoms with Gasteiger partial charge >= 0.3 is 0 Å². The van der Waals surface area contributed by atoms with Gasteiger partial charge in [0.05, 0.1) is 0 Å². The fourth-order valence-corrected chi connectivity index (χ4v) is 5.17. The Morgan fingerprint density at radius 1 is 1.06 bits per heavy atom. The van der Waals surface area contributed by atoms with Crippen LogP contribution in [0.2, 0.25) is 10.0 Å². The number of nitrogens with one attached hydrogen (secondary N) is 1. The smallest absolute Gasteiger partial charge is 0.231 e. The Kier molecular flexibility index (Phi) is 6.89. The molecule has 1 unspecified atom stereocenters. The third-order valence-corrected chi connectivity index (χ3v) is 7.04. The maximum atomic E-state index is 13.1. The lowest BCUT2D eigenvalue weighted by Crippen LogP contribution is -2.27. The lowest BCUT2D eigenvalue weighted by Gasteiger charge is -2.18. The van der Waals surface area contributed by atoms with Crippen molar-refractivity contribution in [1.29, 1.82) is 0 Å². The molecule has 5 nitrogen and oxygen atoms in total. The molecule has 180 valence electrons. The maximum Gasteiger partial charge on any atom is 0.231 e. The van der Waals surface area contributed by atoms with Crippen molar-refractivity contribution in [3.63, 3.8) is 0 Å². The summed E-state index contributed by atoms with van der Waals surface area (Å²) in [5.74, 6) is 1.28. The van der Waals surface area contributed by atoms with Gasteiger partial charge in [0.1, 0.15) is 0 Å². The van der Waals surface area contributed by atoms with E-state index < -0.39 is 0 Å². The third-order valence-electron chi connectivity index (χ3n) is 6.46. The quantitative estimate of drug-likeness (QED) is 0.292. The van der Waals surface area contributed by atoms with Crippen molar-refractivity contribution in [2.24, 2.45) is 0 Å². The minimum atomic E-state index is -0.138. The van der Waals surface area contributed by atoms with Gasteiger partial charge in [-0.15, -0.1) is 0 Å². The highest BCUT2D eigenvalue weighted by Crippen LogP contribution is 2.40. The molecule has 2 heterocycles. The summed E-state index contributed by atoms with van der Waals surface area (Å²) in [6.45, 7) is 3.68. The first-order valence-electron chi connectivity index (χ1n) is 11.7. The monoisotopic (exact) mass is 508 g/mol. The number of amides is 1. The van der Waals surface area contributed by atoms with Crippen molar-refractivity contribution < 1.29 is 14.3 Å². The molecule has 1 aliphatic heterocycles. The predicted molar refractivity (Wildman–Crippen MR) is 140 cm³/mol. The van der Waals surface area contributed by atoms with Crippen LogP contribution in [0.25, 0.3) is 10.9 Å². The first-order chi connectivity index (χ1) is 17.0. The van der Waals surface area contributed by atoms with E-state index in [0.717, 1.165) is 39.9 Å². The Morgan fingerprint density at radius 3 is 2.71 bits per heavy atom. The summed E-state index contributed by atoms with van der Waals surface area (Å²) in [7, 11) is 0. The number of ether oxygens (including phenoxy) is 2. The van der Waals surface area contributed by atoms with Gasteiger partial charge < -0.3 is 19.4 Å². The number of halogens is 2. The van der Waals surface area contributed by atoms with Crippen LogP contribution in [0.3, 0.4) is 0 Å². The molecule has 4 aromatic rings. The second-order valence-corrected chi connectivity index (χ2v) is 9.44. The van der Waals surface area contributed by atoms with E-state index >= 15 is 0 Å². The van der Waals surface area contributed by atoms with Crippen molar-refractivity contribution >= 4 is 40.0 Å². The zero-order valence-corrected chi connectivity index (χ0v) is 20.9. The molecular weight excluding hydrogens is 483 g/mol. The van der Waals surface area contributed by atoms with Crippen LogP contribution in [0.5, 0.6) is 11.5 Å². The number of hydrogen-bond donors (Lipinski definition) is 1. The Hall–Kier alpha value is -3.15. The van der Waals surface area contributed by atoms with Gasteiger partial charge in [-0.1, -0.05) is 53.5 Å². The predicted octanol–water partition coefficient (Wildman–Crippen LogP) is 6.58. The molecule has 0 saturated carbocycles. The number of hydrogen-bond acceptors (Lipinski definition) is 3. The summed E-state index contributed by atoms with van der Waals surface area (Å²) in [5, 5.41) is 5.43. The summed E-state index contributed by atoms with van der Waals surface area (Å²) in [4.78, 5) is 13.1. The van der Waals surface area contributed by atoms with Gasteiger partial charge in [0, 0.05) is 52.6 Å². The molecule has 7 heteroatoms. The van der Waals surface area contributed by atoms with E-state index in [0.29, 0.717) is 35.2 Å². The standard InChI is InChI=1S/C28H26Cl2N2O3/c1-2-32-16-23(21-5-3-4-6-25(21)32)22(19-8-10-26-27(13-19)35-17-34-26)15-28(33)31-12-11-18-7-9-20(29)14-24(18)30/h3-10,13-14,16,22H,2,11-12,15,17H2,1H3,(H,31,33). The number of aryl methyl sites for hydroxylation is 1. The number of aromatic nitrogens is 1. The lowest BCUT2D eigenvalue weighted by atomic mass is 9.87. The molecule has 0 aliphatic carbocycles. The number of carbonyl (C=O) groups excluding carboxylic acids is 1. The second-order valence-electron chi connectivity index (χ2n) is 8.59. The van der Waals surface area contributed by atoms with E-state index in [-0.39, 0.29) is 18.6 Å². The second kappa shape index (κ2) is 10.2. The highest BCUT2D eigenvalue weighted by molar-refractivity contribution is 6.35. The zero-order chi connectivity index (χ0) is 24.4. The van der Waals surface area contributed by atoms with Gasteiger partial charge in [-0.25, -0.2) is 0 Å². The summed E-state index contributed by atoms with van der Waals surface area (Å²) in [5.41, 5.74) is 4.25. The molecule has 0 saturated heterocycles. The number of nitrogens with zero attached hydrogens (tertiary/aromatic N) is 1. The normalized spacial score (nSPS) is 13.2. The van der Waals surface area contributed by atoms with Gasteiger partial charge in [0.15, 0.2) is 11.5 Å². The third kappa shape index (κ3) is 4.97. The van der Waals surface area contributed by atoms with Crippen LogP contribution in [0.4, 0.5) is 0 Å². The Labute approximate surface area is 214 Å². The molecule has 0 spiro atoms. The molecule has 0 bridgehead atoms. The molecule has 5 rings (SSSR count). The highest BCUT2D eigenvalue weighted by Gasteiger charge is 2.25. The fourth-order valence-electron chi connectivity index (χ4n) is 4.67. The molecule has 1 aliphatic rings. The van der Waals surface area contributed by atoms with Crippen molar-refractivity contribution in [2.75, 3.05) is 13.3 Å². The van der Waals surface area contributed by atoms with Crippen LogP contribution in [0.1, 0.15) is 36.0 Å². The van der Waals surface area contributed by atoms with Crippen molar-refractivity contribution in [3.8, 4) is 11.5 Å². The van der Waals surface area contributed by atoms with E-state index in [9.17, 15) is 4.79 Å². The van der Waals surface area contributed by atoms with Gasteiger partial charge in [0.2, 0.25) is 12.7 Å². The number of carbonyl (C=O) groups is 1. The van der Waals surface area contributed by atoms with Crippen molar-refractivity contribution in [2.45, 2.75) is 32.2 Å². The van der Waals surface area contributed by atoms with Crippen molar-refractivity contribution in [1.82, 2.24) is 9.88 Å². The number of fused-ring (bicyclic) bond motifs is 2. The fraction of sp³-hybridized carbons (Fsp3) is 0.250. The largest absolute Gasteiger partial charge is 0.454 e. The van der Waals surface area contributed by atoms with Gasteiger partial charge in [0.25, 0.3) is 0 Å². The lowest BCUT2D eigenvalue weighted by molar-refractivity contribution is -0.121. The zero-order valence-electron chi connectivity index (χ0n) is 19.4. The molecular formula is C28H26Cl2N2O3. The Bertz CT molecular complexity index is 1380. The molecule has 1 amide bonds. The van der Waals surface area contributed by atoms with Gasteiger partial charge in [-0.3, -0.25) is 4.79 Å². The van der Waals surface area contributed by atoms with Crippen LogP contribution >= 0.6 is 23.2 Å². The van der Waals surface area contributed by atoms with Crippen LogP contribution in [-0.2, 0) is 17.8 Å². The highest BCUT2D eigenvalue weighted by atomic mass is 35.5. The summed E-state index contributed by atoms with van der Waals surface area (Å²) < 4.78 is 13.4. The Balaban J connectivity index is 1.40. The average molecular weight is 509 g/mol. The van der Waals surface area contributed by atoms with Crippen LogP contribution < -0.4 is 14.8 Å². The van der Waals surface area contributed by atoms with Crippen molar-refractivity contribution in [3.05, 3.63) is 93.6 Å². The van der Waals surface area contributed by atoms with E-state index in [1.54, 1.807) is 6.07 Å².